The molecular weight excluding hydrogens is 274 g/mol. The van der Waals surface area contributed by atoms with Crippen LogP contribution in [-0.2, 0) is 5.41 Å². The Morgan fingerprint density at radius 2 is 1.95 bits per heavy atom. The first kappa shape index (κ1) is 16.7. The van der Waals surface area contributed by atoms with Gasteiger partial charge in [0.25, 0.3) is 0 Å². The van der Waals surface area contributed by atoms with E-state index in [9.17, 15) is 0 Å². The average molecular weight is 303 g/mol. The number of nitrogens with zero attached hydrogens (tertiary/aromatic N) is 1. The number of hydrogen-bond donors (Lipinski definition) is 2. The number of methoxy groups -OCH3 is 1. The van der Waals surface area contributed by atoms with E-state index >= 15 is 0 Å². The monoisotopic (exact) mass is 303 g/mol. The minimum absolute atomic E-state index is 0.149. The maximum Gasteiger partial charge on any atom is 0.191 e. The van der Waals surface area contributed by atoms with E-state index in [0.717, 1.165) is 31.2 Å². The van der Waals surface area contributed by atoms with Crippen molar-refractivity contribution in [3.05, 3.63) is 29.8 Å². The summed E-state index contributed by atoms with van der Waals surface area (Å²) in [5, 5.41) is 6.87. The lowest BCUT2D eigenvalue weighted by molar-refractivity contribution is 0.371. The maximum atomic E-state index is 5.61. The second-order valence-electron chi connectivity index (χ2n) is 6.04. The molecule has 1 aromatic rings. The Morgan fingerprint density at radius 1 is 1.23 bits per heavy atom. The summed E-state index contributed by atoms with van der Waals surface area (Å²) in [7, 11) is 3.59. The Kier molecular flexibility index (Phi) is 6.10. The van der Waals surface area contributed by atoms with Crippen molar-refractivity contribution in [2.45, 2.75) is 44.4 Å². The molecule has 0 heterocycles. The van der Waals surface area contributed by atoms with Crippen LogP contribution in [0.25, 0.3) is 0 Å². The quantitative estimate of drug-likeness (QED) is 0.627. The first-order valence-corrected chi connectivity index (χ1v) is 8.34. The highest BCUT2D eigenvalue weighted by Crippen LogP contribution is 2.44. The van der Waals surface area contributed by atoms with E-state index < -0.39 is 0 Å². The van der Waals surface area contributed by atoms with Gasteiger partial charge >= 0.3 is 0 Å². The Morgan fingerprint density at radius 3 is 2.59 bits per heavy atom. The third-order valence-electron chi connectivity index (χ3n) is 4.60. The van der Waals surface area contributed by atoms with Crippen LogP contribution in [0.2, 0.25) is 0 Å². The molecule has 1 aliphatic carbocycles. The Bertz CT molecular complexity index is 493. The number of aliphatic imine (C=N–C) groups is 1. The van der Waals surface area contributed by atoms with E-state index in [-0.39, 0.29) is 5.41 Å². The predicted molar refractivity (Wildman–Crippen MR) is 92.8 cm³/mol. The van der Waals surface area contributed by atoms with Crippen molar-refractivity contribution in [3.63, 3.8) is 0 Å². The van der Waals surface area contributed by atoms with Crippen molar-refractivity contribution in [2.24, 2.45) is 4.99 Å². The molecule has 22 heavy (non-hydrogen) atoms. The van der Waals surface area contributed by atoms with Crippen LogP contribution in [0.3, 0.4) is 0 Å². The first-order valence-electron chi connectivity index (χ1n) is 8.34. The van der Waals surface area contributed by atoms with Crippen LogP contribution in [0, 0.1) is 0 Å². The third kappa shape index (κ3) is 3.73. The Labute approximate surface area is 134 Å². The molecule has 0 aliphatic heterocycles. The van der Waals surface area contributed by atoms with Gasteiger partial charge in [-0.3, -0.25) is 4.99 Å². The molecule has 0 amide bonds. The van der Waals surface area contributed by atoms with Crippen molar-refractivity contribution in [2.75, 3.05) is 27.2 Å². The zero-order valence-corrected chi connectivity index (χ0v) is 14.1. The first-order chi connectivity index (χ1) is 10.8. The van der Waals surface area contributed by atoms with E-state index in [0.29, 0.717) is 0 Å². The summed E-state index contributed by atoms with van der Waals surface area (Å²) in [5.74, 6) is 1.89. The summed E-state index contributed by atoms with van der Waals surface area (Å²) in [5.41, 5.74) is 1.48. The van der Waals surface area contributed by atoms with Gasteiger partial charge in [-0.15, -0.1) is 0 Å². The molecular formula is C18H29N3O. The molecule has 0 saturated heterocycles. The van der Waals surface area contributed by atoms with Gasteiger partial charge in [0.05, 0.1) is 7.11 Å². The van der Waals surface area contributed by atoms with Gasteiger partial charge in [-0.25, -0.2) is 0 Å². The Balaban J connectivity index is 2.15. The molecule has 4 heteroatoms. The minimum Gasteiger partial charge on any atom is -0.496 e. The van der Waals surface area contributed by atoms with Crippen molar-refractivity contribution < 1.29 is 4.74 Å². The molecule has 0 bridgehead atoms. The van der Waals surface area contributed by atoms with Gasteiger partial charge in [-0.2, -0.15) is 0 Å². The van der Waals surface area contributed by atoms with Crippen molar-refractivity contribution in [1.29, 1.82) is 0 Å². The zero-order chi connectivity index (χ0) is 15.8. The van der Waals surface area contributed by atoms with E-state index in [1.807, 2.05) is 13.1 Å². The fourth-order valence-electron chi connectivity index (χ4n) is 3.39. The smallest absolute Gasteiger partial charge is 0.191 e. The topological polar surface area (TPSA) is 45.7 Å². The molecule has 1 aliphatic rings. The molecule has 0 atom stereocenters. The number of hydrogen-bond acceptors (Lipinski definition) is 2. The van der Waals surface area contributed by atoms with E-state index in [2.05, 4.69) is 40.7 Å². The highest BCUT2D eigenvalue weighted by atomic mass is 16.5. The molecule has 2 rings (SSSR count). The van der Waals surface area contributed by atoms with Crippen molar-refractivity contribution in [3.8, 4) is 5.75 Å². The second kappa shape index (κ2) is 8.06. The van der Waals surface area contributed by atoms with Crippen molar-refractivity contribution >= 4 is 5.96 Å². The van der Waals surface area contributed by atoms with Gasteiger partial charge in [-0.05, 0) is 25.3 Å². The summed E-state index contributed by atoms with van der Waals surface area (Å²) in [6.07, 6.45) is 6.05. The van der Waals surface area contributed by atoms with Crippen molar-refractivity contribution in [1.82, 2.24) is 10.6 Å². The van der Waals surface area contributed by atoms with Crippen LogP contribution in [0.4, 0.5) is 0 Å². The lowest BCUT2D eigenvalue weighted by Crippen LogP contribution is -2.45. The van der Waals surface area contributed by atoms with Crippen LogP contribution in [0.15, 0.2) is 29.3 Å². The van der Waals surface area contributed by atoms with Gasteiger partial charge in [0.1, 0.15) is 5.75 Å². The maximum absolute atomic E-state index is 5.61. The lowest BCUT2D eigenvalue weighted by atomic mass is 9.78. The molecule has 2 N–H and O–H groups in total. The molecule has 1 fully saturated rings. The standard InChI is InChI=1S/C18H29N3O/c1-4-13-20-17(19-2)21-14-18(11-7-8-12-18)15-9-5-6-10-16(15)22-3/h5-6,9-10H,4,7-8,11-14H2,1-3H3,(H2,19,20,21). The van der Waals surface area contributed by atoms with Crippen LogP contribution in [-0.4, -0.2) is 33.2 Å². The fourth-order valence-corrected chi connectivity index (χ4v) is 3.39. The largest absolute Gasteiger partial charge is 0.496 e. The van der Waals surface area contributed by atoms with E-state index in [1.165, 1.54) is 31.2 Å². The van der Waals surface area contributed by atoms with Crippen LogP contribution in [0.5, 0.6) is 5.75 Å². The SMILES string of the molecule is CCCNC(=NC)NCC1(c2ccccc2OC)CCCC1. The van der Waals surface area contributed by atoms with Gasteiger partial charge in [0, 0.05) is 31.1 Å². The minimum atomic E-state index is 0.149. The number of rotatable bonds is 6. The molecule has 0 spiro atoms. The summed E-state index contributed by atoms with van der Waals surface area (Å²) in [6.45, 7) is 4.01. The molecule has 1 saturated carbocycles. The normalized spacial score (nSPS) is 17.3. The summed E-state index contributed by atoms with van der Waals surface area (Å²) < 4.78 is 5.61. The lowest BCUT2D eigenvalue weighted by Gasteiger charge is -2.32. The highest BCUT2D eigenvalue weighted by Gasteiger charge is 2.37. The van der Waals surface area contributed by atoms with Crippen LogP contribution >= 0.6 is 0 Å². The molecule has 0 unspecified atom stereocenters. The average Bonchev–Trinajstić information content (AvgIpc) is 3.05. The van der Waals surface area contributed by atoms with Gasteiger partial charge in [0.2, 0.25) is 0 Å². The number of ether oxygens (including phenoxy) is 1. The summed E-state index contributed by atoms with van der Waals surface area (Å²) in [4.78, 5) is 4.32. The Hall–Kier alpha value is -1.71. The zero-order valence-electron chi connectivity index (χ0n) is 14.1. The number of para-hydroxylation sites is 1. The molecule has 4 nitrogen and oxygen atoms in total. The molecule has 122 valence electrons. The van der Waals surface area contributed by atoms with Gasteiger partial charge in [-0.1, -0.05) is 38.0 Å². The van der Waals surface area contributed by atoms with Gasteiger partial charge < -0.3 is 15.4 Å². The predicted octanol–water partition coefficient (Wildman–Crippen LogP) is 3.08. The number of benzene rings is 1. The van der Waals surface area contributed by atoms with E-state index in [4.69, 9.17) is 4.74 Å². The number of nitrogens with one attached hydrogen (secondary N) is 2. The van der Waals surface area contributed by atoms with Gasteiger partial charge in [0.15, 0.2) is 5.96 Å². The second-order valence-corrected chi connectivity index (χ2v) is 6.04. The summed E-state index contributed by atoms with van der Waals surface area (Å²) in [6, 6.07) is 8.44. The molecule has 1 aromatic carbocycles. The summed E-state index contributed by atoms with van der Waals surface area (Å²) >= 11 is 0. The van der Waals surface area contributed by atoms with Crippen LogP contribution in [0.1, 0.15) is 44.6 Å². The molecule has 0 radical (unpaired) electrons. The third-order valence-corrected chi connectivity index (χ3v) is 4.60. The van der Waals surface area contributed by atoms with Crippen LogP contribution < -0.4 is 15.4 Å². The van der Waals surface area contributed by atoms with E-state index in [1.54, 1.807) is 7.11 Å². The highest BCUT2D eigenvalue weighted by molar-refractivity contribution is 5.79. The molecule has 0 aromatic heterocycles. The fraction of sp³-hybridized carbons (Fsp3) is 0.611. The number of guanidine groups is 1.